The molecule has 3 nitrogen and oxygen atoms in total. The molecule has 0 aliphatic carbocycles. The van der Waals surface area contributed by atoms with Crippen LogP contribution in [0.1, 0.15) is 50.3 Å². The van der Waals surface area contributed by atoms with Gasteiger partial charge in [-0.05, 0) is 62.4 Å². The van der Waals surface area contributed by atoms with Crippen molar-refractivity contribution in [3.8, 4) is 0 Å². The predicted octanol–water partition coefficient (Wildman–Crippen LogP) is 5.59. The maximum absolute atomic E-state index is 12.3. The molecule has 2 aromatic rings. The molecule has 150 valence electrons. The summed E-state index contributed by atoms with van der Waals surface area (Å²) in [6, 6.07) is 17.2. The summed E-state index contributed by atoms with van der Waals surface area (Å²) in [4.78, 5) is 16.0. The lowest BCUT2D eigenvalue weighted by Gasteiger charge is -2.32. The molecule has 1 heterocycles. The van der Waals surface area contributed by atoms with Gasteiger partial charge in [0.1, 0.15) is 0 Å². The molecule has 0 radical (unpaired) electrons. The fourth-order valence-corrected chi connectivity index (χ4v) is 4.39. The molecular weight excluding hydrogens is 364 g/mol. The molecule has 1 fully saturated rings. The summed E-state index contributed by atoms with van der Waals surface area (Å²) in [5.74, 6) is 1.75. The van der Waals surface area contributed by atoms with E-state index in [0.717, 1.165) is 30.3 Å². The van der Waals surface area contributed by atoms with Crippen molar-refractivity contribution in [2.24, 2.45) is 5.92 Å². The van der Waals surface area contributed by atoms with Crippen molar-refractivity contribution in [1.29, 1.82) is 0 Å². The van der Waals surface area contributed by atoms with Crippen LogP contribution in [-0.2, 0) is 4.79 Å². The highest BCUT2D eigenvalue weighted by molar-refractivity contribution is 7.99. The SMILES string of the molecule is Cc1ccc(SCCC(=O)NC(C)c2ccc(N3CCC(C)CC3)cc2)cc1. The Balaban J connectivity index is 1.43. The molecule has 0 aromatic heterocycles. The number of benzene rings is 2. The third-order valence-electron chi connectivity index (χ3n) is 5.54. The molecule has 1 aliphatic heterocycles. The molecule has 1 saturated heterocycles. The van der Waals surface area contributed by atoms with E-state index in [1.807, 2.05) is 0 Å². The number of thioether (sulfide) groups is 1. The minimum absolute atomic E-state index is 0.0345. The van der Waals surface area contributed by atoms with E-state index in [1.54, 1.807) is 11.8 Å². The van der Waals surface area contributed by atoms with Gasteiger partial charge in [0, 0.05) is 35.8 Å². The van der Waals surface area contributed by atoms with Crippen LogP contribution in [0.2, 0.25) is 0 Å². The molecule has 0 spiro atoms. The van der Waals surface area contributed by atoms with Crippen LogP contribution in [0.15, 0.2) is 53.4 Å². The third-order valence-corrected chi connectivity index (χ3v) is 6.55. The van der Waals surface area contributed by atoms with Gasteiger partial charge in [-0.2, -0.15) is 0 Å². The summed E-state index contributed by atoms with van der Waals surface area (Å²) in [6.45, 7) is 8.77. The van der Waals surface area contributed by atoms with Crippen molar-refractivity contribution in [2.75, 3.05) is 23.7 Å². The summed E-state index contributed by atoms with van der Waals surface area (Å²) >= 11 is 1.73. The number of amides is 1. The summed E-state index contributed by atoms with van der Waals surface area (Å²) in [5, 5.41) is 3.13. The summed E-state index contributed by atoms with van der Waals surface area (Å²) in [5.41, 5.74) is 3.72. The van der Waals surface area contributed by atoms with Gasteiger partial charge < -0.3 is 10.2 Å². The van der Waals surface area contributed by atoms with Crippen molar-refractivity contribution in [3.63, 3.8) is 0 Å². The highest BCUT2D eigenvalue weighted by Gasteiger charge is 2.16. The lowest BCUT2D eigenvalue weighted by molar-refractivity contribution is -0.121. The molecule has 1 atom stereocenters. The van der Waals surface area contributed by atoms with E-state index < -0.39 is 0 Å². The van der Waals surface area contributed by atoms with Gasteiger partial charge in [0.2, 0.25) is 5.91 Å². The first-order valence-corrected chi connectivity index (χ1v) is 11.3. The number of aryl methyl sites for hydroxylation is 1. The quantitative estimate of drug-likeness (QED) is 0.619. The molecule has 0 bridgehead atoms. The number of nitrogens with zero attached hydrogens (tertiary/aromatic N) is 1. The van der Waals surface area contributed by atoms with Gasteiger partial charge in [-0.1, -0.05) is 36.8 Å². The highest BCUT2D eigenvalue weighted by atomic mass is 32.2. The first-order chi connectivity index (χ1) is 13.5. The molecular formula is C24H32N2OS. The zero-order chi connectivity index (χ0) is 19.9. The average molecular weight is 397 g/mol. The van der Waals surface area contributed by atoms with E-state index in [4.69, 9.17) is 0 Å². The maximum atomic E-state index is 12.3. The molecule has 0 saturated carbocycles. The number of hydrogen-bond donors (Lipinski definition) is 1. The van der Waals surface area contributed by atoms with Gasteiger partial charge in [0.25, 0.3) is 0 Å². The Morgan fingerprint density at radius 3 is 2.39 bits per heavy atom. The van der Waals surface area contributed by atoms with Crippen LogP contribution in [-0.4, -0.2) is 24.7 Å². The Hall–Kier alpha value is -1.94. The summed E-state index contributed by atoms with van der Waals surface area (Å²) in [6.07, 6.45) is 3.08. The second kappa shape index (κ2) is 10.0. The van der Waals surface area contributed by atoms with Crippen LogP contribution in [0.4, 0.5) is 5.69 Å². The smallest absolute Gasteiger partial charge is 0.221 e. The van der Waals surface area contributed by atoms with Gasteiger partial charge in [-0.3, -0.25) is 4.79 Å². The molecule has 2 aromatic carbocycles. The third kappa shape index (κ3) is 6.03. The average Bonchev–Trinajstić information content (AvgIpc) is 2.70. The molecule has 1 N–H and O–H groups in total. The second-order valence-electron chi connectivity index (χ2n) is 7.96. The van der Waals surface area contributed by atoms with E-state index in [-0.39, 0.29) is 11.9 Å². The number of anilines is 1. The number of carbonyl (C=O) groups excluding carboxylic acids is 1. The molecule has 28 heavy (non-hydrogen) atoms. The lowest BCUT2D eigenvalue weighted by atomic mass is 9.98. The van der Waals surface area contributed by atoms with Crippen molar-refractivity contribution >= 4 is 23.4 Å². The van der Waals surface area contributed by atoms with Gasteiger partial charge in [0.05, 0.1) is 6.04 Å². The lowest BCUT2D eigenvalue weighted by Crippen LogP contribution is -2.32. The Morgan fingerprint density at radius 1 is 1.11 bits per heavy atom. The zero-order valence-corrected chi connectivity index (χ0v) is 18.1. The van der Waals surface area contributed by atoms with Crippen LogP contribution < -0.4 is 10.2 Å². The molecule has 1 amide bonds. The maximum Gasteiger partial charge on any atom is 0.221 e. The normalized spacial score (nSPS) is 16.0. The Labute approximate surface area is 173 Å². The number of piperidine rings is 1. The van der Waals surface area contributed by atoms with Gasteiger partial charge in [-0.25, -0.2) is 0 Å². The summed E-state index contributed by atoms with van der Waals surface area (Å²) in [7, 11) is 0. The first kappa shape index (κ1) is 20.8. The van der Waals surface area contributed by atoms with Crippen LogP contribution in [0, 0.1) is 12.8 Å². The van der Waals surface area contributed by atoms with Crippen LogP contribution in [0.25, 0.3) is 0 Å². The number of hydrogen-bond acceptors (Lipinski definition) is 3. The first-order valence-electron chi connectivity index (χ1n) is 10.3. The minimum atomic E-state index is 0.0345. The van der Waals surface area contributed by atoms with Crippen LogP contribution in [0.3, 0.4) is 0 Å². The summed E-state index contributed by atoms with van der Waals surface area (Å²) < 4.78 is 0. The van der Waals surface area contributed by atoms with Crippen LogP contribution in [0.5, 0.6) is 0 Å². The predicted molar refractivity (Wildman–Crippen MR) is 120 cm³/mol. The fraction of sp³-hybridized carbons (Fsp3) is 0.458. The molecule has 1 aliphatic rings. The number of carbonyl (C=O) groups is 1. The van der Waals surface area contributed by atoms with Gasteiger partial charge in [0.15, 0.2) is 0 Å². The van der Waals surface area contributed by atoms with E-state index >= 15 is 0 Å². The Morgan fingerprint density at radius 2 is 1.75 bits per heavy atom. The van der Waals surface area contributed by atoms with E-state index in [9.17, 15) is 4.79 Å². The van der Waals surface area contributed by atoms with E-state index in [2.05, 4.69) is 79.5 Å². The monoisotopic (exact) mass is 396 g/mol. The standard InChI is InChI=1S/C24H32N2OS/c1-18-4-10-23(11-5-18)28-17-14-24(27)25-20(3)21-6-8-22(9-7-21)26-15-12-19(2)13-16-26/h4-11,19-20H,12-17H2,1-3H3,(H,25,27). The topological polar surface area (TPSA) is 32.3 Å². The molecule has 1 unspecified atom stereocenters. The van der Waals surface area contributed by atoms with E-state index in [0.29, 0.717) is 6.42 Å². The van der Waals surface area contributed by atoms with Crippen molar-refractivity contribution < 1.29 is 4.79 Å². The van der Waals surface area contributed by atoms with Gasteiger partial charge >= 0.3 is 0 Å². The van der Waals surface area contributed by atoms with Crippen molar-refractivity contribution in [2.45, 2.75) is 51.0 Å². The van der Waals surface area contributed by atoms with Gasteiger partial charge in [-0.15, -0.1) is 11.8 Å². The second-order valence-corrected chi connectivity index (χ2v) is 9.13. The highest BCUT2D eigenvalue weighted by Crippen LogP contribution is 2.25. The van der Waals surface area contributed by atoms with Crippen molar-refractivity contribution in [3.05, 3.63) is 59.7 Å². The fourth-order valence-electron chi connectivity index (χ4n) is 3.53. The van der Waals surface area contributed by atoms with E-state index in [1.165, 1.54) is 29.0 Å². The Bertz CT molecular complexity index is 749. The zero-order valence-electron chi connectivity index (χ0n) is 17.3. The van der Waals surface area contributed by atoms with Crippen LogP contribution >= 0.6 is 11.8 Å². The number of rotatable bonds is 7. The number of nitrogens with one attached hydrogen (secondary N) is 1. The minimum Gasteiger partial charge on any atom is -0.372 e. The largest absolute Gasteiger partial charge is 0.372 e. The van der Waals surface area contributed by atoms with Crippen molar-refractivity contribution in [1.82, 2.24) is 5.32 Å². The Kier molecular flexibility index (Phi) is 7.43. The molecule has 3 rings (SSSR count). The molecule has 4 heteroatoms.